The molecule has 3 heteroatoms. The third kappa shape index (κ3) is 2.05. The van der Waals surface area contributed by atoms with E-state index in [1.807, 2.05) is 17.1 Å². The summed E-state index contributed by atoms with van der Waals surface area (Å²) in [6.07, 6.45) is 6.57. The summed E-state index contributed by atoms with van der Waals surface area (Å²) in [4.78, 5) is 2.44. The molecule has 3 nitrogen and oxygen atoms in total. The van der Waals surface area contributed by atoms with Crippen molar-refractivity contribution in [3.05, 3.63) is 42.2 Å². The predicted molar refractivity (Wildman–Crippen MR) is 69.7 cm³/mol. The second-order valence-electron chi connectivity index (χ2n) is 4.67. The van der Waals surface area contributed by atoms with Crippen molar-refractivity contribution in [3.8, 4) is 5.69 Å². The molecule has 0 N–H and O–H groups in total. The normalized spacial score (nSPS) is 15.5. The standard InChI is InChI=1S/C14H17N3/c1-12-10-15-17(11-12)14-6-4-13(5-7-14)16-8-2-3-9-16/h4-7,10-11H,2-3,8-9H2,1H3. The molecule has 0 radical (unpaired) electrons. The Morgan fingerprint density at radius 2 is 1.65 bits per heavy atom. The van der Waals surface area contributed by atoms with Crippen LogP contribution < -0.4 is 4.90 Å². The molecule has 0 spiro atoms. The minimum absolute atomic E-state index is 1.13. The molecular formula is C14H17N3. The smallest absolute Gasteiger partial charge is 0.0647 e. The fourth-order valence-electron chi connectivity index (χ4n) is 2.35. The van der Waals surface area contributed by atoms with E-state index in [1.165, 1.54) is 37.2 Å². The highest BCUT2D eigenvalue weighted by atomic mass is 15.3. The summed E-state index contributed by atoms with van der Waals surface area (Å²) < 4.78 is 1.92. The van der Waals surface area contributed by atoms with Gasteiger partial charge in [-0.25, -0.2) is 4.68 Å². The van der Waals surface area contributed by atoms with E-state index in [4.69, 9.17) is 0 Å². The van der Waals surface area contributed by atoms with Crippen LogP contribution in [0, 0.1) is 6.92 Å². The van der Waals surface area contributed by atoms with Crippen LogP contribution in [-0.2, 0) is 0 Å². The van der Waals surface area contributed by atoms with E-state index in [0.29, 0.717) is 0 Å². The molecule has 1 aliphatic rings. The molecule has 1 saturated heterocycles. The molecule has 0 amide bonds. The summed E-state index contributed by atoms with van der Waals surface area (Å²) in [5, 5.41) is 4.32. The Kier molecular flexibility index (Phi) is 2.59. The van der Waals surface area contributed by atoms with Crippen molar-refractivity contribution in [2.45, 2.75) is 19.8 Å². The van der Waals surface area contributed by atoms with Gasteiger partial charge in [0.25, 0.3) is 0 Å². The lowest BCUT2D eigenvalue weighted by atomic mass is 10.2. The van der Waals surface area contributed by atoms with Crippen molar-refractivity contribution in [2.24, 2.45) is 0 Å². The molecule has 1 aromatic heterocycles. The average molecular weight is 227 g/mol. The number of hydrogen-bond donors (Lipinski definition) is 0. The molecule has 88 valence electrons. The summed E-state index contributed by atoms with van der Waals surface area (Å²) in [5.74, 6) is 0. The lowest BCUT2D eigenvalue weighted by Crippen LogP contribution is -2.17. The number of nitrogens with zero attached hydrogens (tertiary/aromatic N) is 3. The van der Waals surface area contributed by atoms with Crippen LogP contribution in [0.5, 0.6) is 0 Å². The highest BCUT2D eigenvalue weighted by Gasteiger charge is 2.11. The van der Waals surface area contributed by atoms with Crippen LogP contribution in [0.3, 0.4) is 0 Å². The number of anilines is 1. The number of benzene rings is 1. The molecule has 0 aliphatic carbocycles. The van der Waals surface area contributed by atoms with E-state index in [1.54, 1.807) is 0 Å². The van der Waals surface area contributed by atoms with E-state index in [-0.39, 0.29) is 0 Å². The molecule has 0 bridgehead atoms. The Hall–Kier alpha value is -1.77. The Morgan fingerprint density at radius 3 is 2.24 bits per heavy atom. The fraction of sp³-hybridized carbons (Fsp3) is 0.357. The average Bonchev–Trinajstić information content (AvgIpc) is 3.00. The van der Waals surface area contributed by atoms with Gasteiger partial charge >= 0.3 is 0 Å². The maximum atomic E-state index is 4.32. The number of rotatable bonds is 2. The minimum atomic E-state index is 1.13. The van der Waals surface area contributed by atoms with Crippen LogP contribution in [-0.4, -0.2) is 22.9 Å². The molecule has 0 unspecified atom stereocenters. The quantitative estimate of drug-likeness (QED) is 0.786. The molecule has 1 fully saturated rings. The van der Waals surface area contributed by atoms with Gasteiger partial charge in [-0.3, -0.25) is 0 Å². The highest BCUT2D eigenvalue weighted by Crippen LogP contribution is 2.21. The first kappa shape index (κ1) is 10.4. The maximum absolute atomic E-state index is 4.32. The van der Waals surface area contributed by atoms with Crippen LogP contribution in [0.15, 0.2) is 36.7 Å². The topological polar surface area (TPSA) is 21.1 Å². The Morgan fingerprint density at radius 1 is 1.00 bits per heavy atom. The van der Waals surface area contributed by atoms with Gasteiger partial charge in [-0.1, -0.05) is 0 Å². The van der Waals surface area contributed by atoms with Crippen LogP contribution >= 0.6 is 0 Å². The zero-order valence-corrected chi connectivity index (χ0v) is 10.1. The predicted octanol–water partition coefficient (Wildman–Crippen LogP) is 2.78. The van der Waals surface area contributed by atoms with Crippen LogP contribution in [0.4, 0.5) is 5.69 Å². The van der Waals surface area contributed by atoms with Gasteiger partial charge in [-0.15, -0.1) is 0 Å². The molecule has 0 atom stereocenters. The van der Waals surface area contributed by atoms with Gasteiger partial charge < -0.3 is 4.90 Å². The summed E-state index contributed by atoms with van der Waals surface area (Å²) in [7, 11) is 0. The minimum Gasteiger partial charge on any atom is -0.372 e. The zero-order valence-electron chi connectivity index (χ0n) is 10.1. The Balaban J connectivity index is 1.84. The van der Waals surface area contributed by atoms with Gasteiger partial charge in [0.05, 0.1) is 11.9 Å². The largest absolute Gasteiger partial charge is 0.372 e. The third-order valence-electron chi connectivity index (χ3n) is 3.30. The zero-order chi connectivity index (χ0) is 11.7. The molecule has 1 aliphatic heterocycles. The highest BCUT2D eigenvalue weighted by molar-refractivity contribution is 5.51. The molecule has 17 heavy (non-hydrogen) atoms. The van der Waals surface area contributed by atoms with Gasteiger partial charge in [0.15, 0.2) is 0 Å². The van der Waals surface area contributed by atoms with E-state index in [9.17, 15) is 0 Å². The SMILES string of the molecule is Cc1cnn(-c2ccc(N3CCCC3)cc2)c1. The fourth-order valence-corrected chi connectivity index (χ4v) is 2.35. The number of aryl methyl sites for hydroxylation is 1. The summed E-state index contributed by atoms with van der Waals surface area (Å²) in [5.41, 5.74) is 3.64. The Labute approximate surface area is 102 Å². The summed E-state index contributed by atoms with van der Waals surface area (Å²) in [6.45, 7) is 4.45. The monoisotopic (exact) mass is 227 g/mol. The van der Waals surface area contributed by atoms with Gasteiger partial charge in [0.1, 0.15) is 0 Å². The van der Waals surface area contributed by atoms with Crippen LogP contribution in [0.1, 0.15) is 18.4 Å². The van der Waals surface area contributed by atoms with Crippen LogP contribution in [0.25, 0.3) is 5.69 Å². The number of aromatic nitrogens is 2. The third-order valence-corrected chi connectivity index (χ3v) is 3.30. The first-order chi connectivity index (χ1) is 8.33. The van der Waals surface area contributed by atoms with Crippen molar-refractivity contribution >= 4 is 5.69 Å². The maximum Gasteiger partial charge on any atom is 0.0647 e. The van der Waals surface area contributed by atoms with Crippen molar-refractivity contribution in [3.63, 3.8) is 0 Å². The molecule has 2 aromatic rings. The Bertz CT molecular complexity index is 492. The van der Waals surface area contributed by atoms with Crippen molar-refractivity contribution in [1.82, 2.24) is 9.78 Å². The lowest BCUT2D eigenvalue weighted by Gasteiger charge is -2.17. The second-order valence-corrected chi connectivity index (χ2v) is 4.67. The van der Waals surface area contributed by atoms with Crippen molar-refractivity contribution in [1.29, 1.82) is 0 Å². The van der Waals surface area contributed by atoms with E-state index >= 15 is 0 Å². The van der Waals surface area contributed by atoms with E-state index in [0.717, 1.165) is 5.69 Å². The summed E-state index contributed by atoms with van der Waals surface area (Å²) in [6, 6.07) is 8.66. The first-order valence-electron chi connectivity index (χ1n) is 6.19. The van der Waals surface area contributed by atoms with Crippen molar-refractivity contribution in [2.75, 3.05) is 18.0 Å². The molecule has 2 heterocycles. The van der Waals surface area contributed by atoms with Gasteiger partial charge in [-0.05, 0) is 49.6 Å². The molecule has 3 rings (SSSR count). The molecular weight excluding hydrogens is 210 g/mol. The van der Waals surface area contributed by atoms with Gasteiger partial charge in [0.2, 0.25) is 0 Å². The van der Waals surface area contributed by atoms with E-state index < -0.39 is 0 Å². The number of hydrogen-bond acceptors (Lipinski definition) is 2. The molecule has 0 saturated carbocycles. The first-order valence-corrected chi connectivity index (χ1v) is 6.19. The second kappa shape index (κ2) is 4.24. The summed E-state index contributed by atoms with van der Waals surface area (Å²) >= 11 is 0. The molecule has 1 aromatic carbocycles. The lowest BCUT2D eigenvalue weighted by molar-refractivity contribution is 0.878. The van der Waals surface area contributed by atoms with Gasteiger partial charge in [0, 0.05) is 25.0 Å². The van der Waals surface area contributed by atoms with Crippen molar-refractivity contribution < 1.29 is 0 Å². The van der Waals surface area contributed by atoms with Crippen LogP contribution in [0.2, 0.25) is 0 Å². The van der Waals surface area contributed by atoms with E-state index in [2.05, 4.69) is 41.2 Å². The van der Waals surface area contributed by atoms with Gasteiger partial charge in [-0.2, -0.15) is 5.10 Å².